The van der Waals surface area contributed by atoms with Crippen LogP contribution in [0, 0.1) is 18.6 Å². The highest BCUT2D eigenvalue weighted by atomic mass is 79.9. The number of benzene rings is 2. The van der Waals surface area contributed by atoms with Crippen molar-refractivity contribution in [2.45, 2.75) is 19.8 Å². The Morgan fingerprint density at radius 1 is 1.25 bits per heavy atom. The third-order valence-corrected chi connectivity index (χ3v) is 4.73. The molecule has 1 N–H and O–H groups in total. The minimum atomic E-state index is -0.887. The molecule has 3 rings (SSSR count). The van der Waals surface area contributed by atoms with Crippen LogP contribution in [0.15, 0.2) is 34.8 Å². The van der Waals surface area contributed by atoms with Gasteiger partial charge < -0.3 is 10.2 Å². The summed E-state index contributed by atoms with van der Waals surface area (Å²) in [7, 11) is 0. The summed E-state index contributed by atoms with van der Waals surface area (Å²) < 4.78 is 27.7. The van der Waals surface area contributed by atoms with Gasteiger partial charge in [-0.15, -0.1) is 0 Å². The van der Waals surface area contributed by atoms with E-state index >= 15 is 0 Å². The predicted octanol–water partition coefficient (Wildman–Crippen LogP) is 4.43. The minimum absolute atomic E-state index is 0.0956. The zero-order valence-corrected chi connectivity index (χ0v) is 14.8. The highest BCUT2D eigenvalue weighted by Crippen LogP contribution is 2.29. The van der Waals surface area contributed by atoms with Gasteiger partial charge in [-0.05, 0) is 65.0 Å². The number of rotatable bonds is 3. The second-order valence-electron chi connectivity index (χ2n) is 5.95. The SMILES string of the molecule is Cc1ccc(NC(=O)CN2CCCc3cc(F)c(F)cc32)c(Br)c1. The minimum Gasteiger partial charge on any atom is -0.362 e. The molecule has 1 aliphatic rings. The van der Waals surface area contributed by atoms with E-state index in [0.717, 1.165) is 22.0 Å². The topological polar surface area (TPSA) is 32.3 Å². The Balaban J connectivity index is 1.75. The number of hydrogen-bond acceptors (Lipinski definition) is 2. The Labute approximate surface area is 147 Å². The fourth-order valence-corrected chi connectivity index (χ4v) is 3.49. The first-order valence-electron chi connectivity index (χ1n) is 7.73. The van der Waals surface area contributed by atoms with Gasteiger partial charge in [-0.3, -0.25) is 4.79 Å². The van der Waals surface area contributed by atoms with E-state index in [9.17, 15) is 13.6 Å². The molecule has 3 nitrogen and oxygen atoms in total. The van der Waals surface area contributed by atoms with Crippen LogP contribution in [0.1, 0.15) is 17.5 Å². The highest BCUT2D eigenvalue weighted by molar-refractivity contribution is 9.10. The van der Waals surface area contributed by atoms with Gasteiger partial charge in [-0.2, -0.15) is 0 Å². The number of nitrogens with zero attached hydrogens (tertiary/aromatic N) is 1. The maximum Gasteiger partial charge on any atom is 0.243 e. The van der Waals surface area contributed by atoms with Crippen LogP contribution in [0.2, 0.25) is 0 Å². The van der Waals surface area contributed by atoms with E-state index in [4.69, 9.17) is 0 Å². The molecule has 126 valence electrons. The first kappa shape index (κ1) is 16.9. The first-order valence-corrected chi connectivity index (χ1v) is 8.52. The molecular weight excluding hydrogens is 378 g/mol. The predicted molar refractivity (Wildman–Crippen MR) is 94.4 cm³/mol. The van der Waals surface area contributed by atoms with Crippen molar-refractivity contribution < 1.29 is 13.6 Å². The zero-order chi connectivity index (χ0) is 17.3. The second-order valence-corrected chi connectivity index (χ2v) is 6.81. The molecule has 24 heavy (non-hydrogen) atoms. The Morgan fingerprint density at radius 3 is 2.75 bits per heavy atom. The summed E-state index contributed by atoms with van der Waals surface area (Å²) in [5.41, 5.74) is 3.11. The lowest BCUT2D eigenvalue weighted by Crippen LogP contribution is -2.37. The molecule has 1 amide bonds. The number of aryl methyl sites for hydroxylation is 2. The fourth-order valence-electron chi connectivity index (χ4n) is 2.90. The smallest absolute Gasteiger partial charge is 0.243 e. The van der Waals surface area contributed by atoms with Gasteiger partial charge in [-0.1, -0.05) is 6.07 Å². The molecule has 0 radical (unpaired) electrons. The molecule has 0 saturated heterocycles. The van der Waals surface area contributed by atoms with E-state index in [1.54, 1.807) is 4.90 Å². The summed E-state index contributed by atoms with van der Waals surface area (Å²) >= 11 is 3.42. The third-order valence-electron chi connectivity index (χ3n) is 4.07. The fraction of sp³-hybridized carbons (Fsp3) is 0.278. The van der Waals surface area contributed by atoms with E-state index in [1.807, 2.05) is 25.1 Å². The molecular formula is C18H17BrF2N2O. The number of fused-ring (bicyclic) bond motifs is 1. The Bertz CT molecular complexity index is 795. The van der Waals surface area contributed by atoms with Gasteiger partial charge in [0.15, 0.2) is 11.6 Å². The molecule has 0 aromatic heterocycles. The average Bonchev–Trinajstić information content (AvgIpc) is 2.52. The van der Waals surface area contributed by atoms with Crippen molar-refractivity contribution in [2.24, 2.45) is 0 Å². The molecule has 0 spiro atoms. The second kappa shape index (κ2) is 6.89. The summed E-state index contributed by atoms with van der Waals surface area (Å²) in [5, 5.41) is 2.85. The summed E-state index contributed by atoms with van der Waals surface area (Å²) in [5.74, 6) is -1.93. The van der Waals surface area contributed by atoms with Gasteiger partial charge in [0.2, 0.25) is 5.91 Å². The number of nitrogens with one attached hydrogen (secondary N) is 1. The van der Waals surface area contributed by atoms with E-state index < -0.39 is 11.6 Å². The lowest BCUT2D eigenvalue weighted by molar-refractivity contribution is -0.115. The van der Waals surface area contributed by atoms with Gasteiger partial charge in [0.05, 0.1) is 12.2 Å². The molecule has 1 aliphatic heterocycles. The van der Waals surface area contributed by atoms with Crippen molar-refractivity contribution in [1.29, 1.82) is 0 Å². The maximum atomic E-state index is 13.5. The van der Waals surface area contributed by atoms with Crippen LogP contribution in [0.4, 0.5) is 20.2 Å². The maximum absolute atomic E-state index is 13.5. The van der Waals surface area contributed by atoms with E-state index in [-0.39, 0.29) is 12.5 Å². The van der Waals surface area contributed by atoms with Crippen LogP contribution in [0.25, 0.3) is 0 Å². The number of hydrogen-bond donors (Lipinski definition) is 1. The third kappa shape index (κ3) is 3.59. The standard InChI is InChI=1S/C18H17BrF2N2O/c1-11-4-5-16(13(19)7-11)22-18(24)10-23-6-2-3-12-8-14(20)15(21)9-17(12)23/h4-5,7-9H,2-3,6,10H2,1H3,(H,22,24). The molecule has 0 aliphatic carbocycles. The number of halogens is 3. The molecule has 2 aromatic rings. The summed E-state index contributed by atoms with van der Waals surface area (Å²) in [6.07, 6.45) is 1.49. The largest absolute Gasteiger partial charge is 0.362 e. The number of carbonyl (C=O) groups excluding carboxylic acids is 1. The van der Waals surface area contributed by atoms with Crippen molar-refractivity contribution in [3.05, 3.63) is 57.6 Å². The van der Waals surface area contributed by atoms with Crippen LogP contribution in [0.5, 0.6) is 0 Å². The Kier molecular flexibility index (Phi) is 4.85. The van der Waals surface area contributed by atoms with Gasteiger partial charge >= 0.3 is 0 Å². The van der Waals surface area contributed by atoms with Crippen molar-refractivity contribution in [2.75, 3.05) is 23.3 Å². The van der Waals surface area contributed by atoms with Gasteiger partial charge in [-0.25, -0.2) is 8.78 Å². The van der Waals surface area contributed by atoms with E-state index in [2.05, 4.69) is 21.2 Å². The monoisotopic (exact) mass is 394 g/mol. The number of anilines is 2. The summed E-state index contributed by atoms with van der Waals surface area (Å²) in [6.45, 7) is 2.70. The molecule has 1 heterocycles. The normalized spacial score (nSPS) is 13.6. The van der Waals surface area contributed by atoms with Crippen LogP contribution in [-0.4, -0.2) is 19.0 Å². The van der Waals surface area contributed by atoms with Crippen molar-refractivity contribution >= 4 is 33.2 Å². The lowest BCUT2D eigenvalue weighted by atomic mass is 10.0. The highest BCUT2D eigenvalue weighted by Gasteiger charge is 2.21. The molecule has 2 aromatic carbocycles. The van der Waals surface area contributed by atoms with Crippen molar-refractivity contribution in [3.8, 4) is 0 Å². The Morgan fingerprint density at radius 2 is 2.00 bits per heavy atom. The number of amides is 1. The molecule has 0 atom stereocenters. The van der Waals surface area contributed by atoms with Crippen molar-refractivity contribution in [1.82, 2.24) is 0 Å². The van der Waals surface area contributed by atoms with Crippen LogP contribution in [-0.2, 0) is 11.2 Å². The molecule has 0 unspecified atom stereocenters. The first-order chi connectivity index (χ1) is 11.4. The van der Waals surface area contributed by atoms with Crippen LogP contribution < -0.4 is 10.2 Å². The molecule has 0 saturated carbocycles. The van der Waals surface area contributed by atoms with Gasteiger partial charge in [0.1, 0.15) is 0 Å². The quantitative estimate of drug-likeness (QED) is 0.834. The molecule has 6 heteroatoms. The van der Waals surface area contributed by atoms with Gasteiger partial charge in [0.25, 0.3) is 0 Å². The summed E-state index contributed by atoms with van der Waals surface area (Å²) in [6, 6.07) is 8.07. The number of carbonyl (C=O) groups is 1. The van der Waals surface area contributed by atoms with E-state index in [0.29, 0.717) is 24.3 Å². The summed E-state index contributed by atoms with van der Waals surface area (Å²) in [4.78, 5) is 14.1. The van der Waals surface area contributed by atoms with Crippen LogP contribution in [0.3, 0.4) is 0 Å². The zero-order valence-electron chi connectivity index (χ0n) is 13.2. The van der Waals surface area contributed by atoms with Crippen LogP contribution >= 0.6 is 15.9 Å². The van der Waals surface area contributed by atoms with Gasteiger partial charge in [0, 0.05) is 22.8 Å². The molecule has 0 fully saturated rings. The lowest BCUT2D eigenvalue weighted by Gasteiger charge is -2.30. The average molecular weight is 395 g/mol. The van der Waals surface area contributed by atoms with Crippen molar-refractivity contribution in [3.63, 3.8) is 0 Å². The Hall–Kier alpha value is -1.95. The van der Waals surface area contributed by atoms with E-state index in [1.165, 1.54) is 12.1 Å². The molecule has 0 bridgehead atoms.